The van der Waals surface area contributed by atoms with E-state index in [2.05, 4.69) is 5.32 Å². The lowest BCUT2D eigenvalue weighted by molar-refractivity contribution is -0.192. The summed E-state index contributed by atoms with van der Waals surface area (Å²) in [6.45, 7) is 2.10. The molecule has 0 aliphatic carbocycles. The minimum absolute atomic E-state index is 0.155. The zero-order valence-corrected chi connectivity index (χ0v) is 9.70. The van der Waals surface area contributed by atoms with E-state index in [1.807, 2.05) is 6.92 Å². The Morgan fingerprint density at radius 2 is 2.12 bits per heavy atom. The Bertz CT molecular complexity index is 249. The molecule has 0 radical (unpaired) electrons. The van der Waals surface area contributed by atoms with Crippen LogP contribution in [0.4, 0.5) is 4.79 Å². The Labute approximate surface area is 99.3 Å². The zero-order valence-electron chi connectivity index (χ0n) is 9.70. The van der Waals surface area contributed by atoms with Crippen LogP contribution in [-0.2, 0) is 9.47 Å². The molecule has 1 aliphatic rings. The van der Waals surface area contributed by atoms with Gasteiger partial charge in [-0.25, -0.2) is 4.79 Å². The van der Waals surface area contributed by atoms with Crippen molar-refractivity contribution in [3.05, 3.63) is 0 Å². The van der Waals surface area contributed by atoms with Crippen LogP contribution in [0.5, 0.6) is 0 Å². The molecule has 0 unspecified atom stereocenters. The number of hydrogen-bond acceptors (Lipinski definition) is 6. The number of aliphatic hydroxyl groups excluding tert-OH is 3. The van der Waals surface area contributed by atoms with E-state index in [-0.39, 0.29) is 13.2 Å². The van der Waals surface area contributed by atoms with Gasteiger partial charge in [-0.1, -0.05) is 13.3 Å². The SMILES string of the molecule is CCCCOC(=O)N[C@@H]1OC[C@H](O)[C@@H](O)[C@H]1O. The van der Waals surface area contributed by atoms with Gasteiger partial charge in [0, 0.05) is 0 Å². The number of unbranched alkanes of at least 4 members (excludes halogenated alkanes) is 1. The second-order valence-electron chi connectivity index (χ2n) is 3.94. The van der Waals surface area contributed by atoms with Gasteiger partial charge in [0.05, 0.1) is 13.2 Å². The first-order valence-corrected chi connectivity index (χ1v) is 5.65. The Balaban J connectivity index is 2.33. The molecule has 0 bridgehead atoms. The molecule has 0 saturated carbocycles. The molecule has 100 valence electrons. The third-order valence-corrected chi connectivity index (χ3v) is 2.49. The molecule has 4 N–H and O–H groups in total. The first kappa shape index (κ1) is 14.2. The average Bonchev–Trinajstić information content (AvgIpc) is 2.30. The van der Waals surface area contributed by atoms with Crippen LogP contribution in [-0.4, -0.2) is 59.2 Å². The molecular weight excluding hydrogens is 230 g/mol. The summed E-state index contributed by atoms with van der Waals surface area (Å²) in [5.74, 6) is 0. The molecule has 1 amide bonds. The van der Waals surface area contributed by atoms with E-state index < -0.39 is 30.6 Å². The van der Waals surface area contributed by atoms with Crippen LogP contribution < -0.4 is 5.32 Å². The van der Waals surface area contributed by atoms with Gasteiger partial charge < -0.3 is 24.8 Å². The highest BCUT2D eigenvalue weighted by Gasteiger charge is 2.38. The van der Waals surface area contributed by atoms with E-state index in [1.165, 1.54) is 0 Å². The fourth-order valence-corrected chi connectivity index (χ4v) is 1.40. The van der Waals surface area contributed by atoms with E-state index in [0.29, 0.717) is 0 Å². The highest BCUT2D eigenvalue weighted by atomic mass is 16.6. The maximum atomic E-state index is 11.3. The fourth-order valence-electron chi connectivity index (χ4n) is 1.40. The van der Waals surface area contributed by atoms with Gasteiger partial charge in [0.1, 0.15) is 18.3 Å². The summed E-state index contributed by atoms with van der Waals surface area (Å²) in [6, 6.07) is 0. The average molecular weight is 249 g/mol. The molecule has 0 aromatic rings. The zero-order chi connectivity index (χ0) is 12.8. The summed E-state index contributed by atoms with van der Waals surface area (Å²) in [5.41, 5.74) is 0. The molecule has 1 fully saturated rings. The molecule has 1 heterocycles. The van der Waals surface area contributed by atoms with Crippen molar-refractivity contribution < 1.29 is 29.6 Å². The van der Waals surface area contributed by atoms with E-state index >= 15 is 0 Å². The van der Waals surface area contributed by atoms with Crippen LogP contribution in [0.25, 0.3) is 0 Å². The van der Waals surface area contributed by atoms with Crippen molar-refractivity contribution in [2.45, 2.75) is 44.3 Å². The molecule has 0 aromatic heterocycles. The van der Waals surface area contributed by atoms with Crippen LogP contribution in [0.1, 0.15) is 19.8 Å². The van der Waals surface area contributed by atoms with E-state index in [0.717, 1.165) is 12.8 Å². The smallest absolute Gasteiger partial charge is 0.409 e. The van der Waals surface area contributed by atoms with Crippen molar-refractivity contribution >= 4 is 6.09 Å². The lowest BCUT2D eigenvalue weighted by Gasteiger charge is -2.35. The van der Waals surface area contributed by atoms with E-state index in [1.54, 1.807) is 0 Å². The first-order valence-electron chi connectivity index (χ1n) is 5.65. The van der Waals surface area contributed by atoms with E-state index in [4.69, 9.17) is 9.47 Å². The number of amides is 1. The normalized spacial score (nSPS) is 33.2. The van der Waals surface area contributed by atoms with E-state index in [9.17, 15) is 20.1 Å². The Hall–Kier alpha value is -0.890. The van der Waals surface area contributed by atoms with Crippen molar-refractivity contribution in [1.82, 2.24) is 5.32 Å². The molecule has 1 rings (SSSR count). The van der Waals surface area contributed by atoms with Gasteiger partial charge in [-0.2, -0.15) is 0 Å². The number of rotatable bonds is 4. The monoisotopic (exact) mass is 249 g/mol. The van der Waals surface area contributed by atoms with Crippen LogP contribution in [0.15, 0.2) is 0 Å². The van der Waals surface area contributed by atoms with Gasteiger partial charge in [-0.15, -0.1) is 0 Å². The van der Waals surface area contributed by atoms with Crippen LogP contribution in [0, 0.1) is 0 Å². The third kappa shape index (κ3) is 4.12. The first-order chi connectivity index (χ1) is 8.06. The number of carbonyl (C=O) groups excluding carboxylic acids is 1. The molecule has 4 atom stereocenters. The lowest BCUT2D eigenvalue weighted by Crippen LogP contribution is -2.59. The Morgan fingerprint density at radius 3 is 2.76 bits per heavy atom. The quantitative estimate of drug-likeness (QED) is 0.474. The van der Waals surface area contributed by atoms with Crippen LogP contribution in [0.3, 0.4) is 0 Å². The lowest BCUT2D eigenvalue weighted by atomic mass is 10.0. The predicted octanol–water partition coefficient (Wildman–Crippen LogP) is -1.05. The summed E-state index contributed by atoms with van der Waals surface area (Å²) in [7, 11) is 0. The number of aliphatic hydroxyl groups is 3. The summed E-state index contributed by atoms with van der Waals surface area (Å²) in [4.78, 5) is 11.3. The third-order valence-electron chi connectivity index (χ3n) is 2.49. The number of hydrogen-bond donors (Lipinski definition) is 4. The Kier molecular flexibility index (Phi) is 5.63. The summed E-state index contributed by atoms with van der Waals surface area (Å²) < 4.78 is 9.79. The van der Waals surface area contributed by atoms with Gasteiger partial charge in [0.15, 0.2) is 6.23 Å². The van der Waals surface area contributed by atoms with Crippen LogP contribution in [0.2, 0.25) is 0 Å². The van der Waals surface area contributed by atoms with Crippen molar-refractivity contribution in [2.75, 3.05) is 13.2 Å². The van der Waals surface area contributed by atoms with Gasteiger partial charge in [-0.05, 0) is 6.42 Å². The van der Waals surface area contributed by atoms with Crippen molar-refractivity contribution in [3.8, 4) is 0 Å². The highest BCUT2D eigenvalue weighted by molar-refractivity contribution is 5.67. The van der Waals surface area contributed by atoms with Crippen LogP contribution >= 0.6 is 0 Å². The summed E-state index contributed by atoms with van der Waals surface area (Å²) >= 11 is 0. The predicted molar refractivity (Wildman–Crippen MR) is 57.2 cm³/mol. The number of nitrogens with one attached hydrogen (secondary N) is 1. The van der Waals surface area contributed by atoms with Gasteiger partial charge in [-0.3, -0.25) is 5.32 Å². The van der Waals surface area contributed by atoms with Crippen molar-refractivity contribution in [3.63, 3.8) is 0 Å². The number of alkyl carbamates (subject to hydrolysis) is 1. The van der Waals surface area contributed by atoms with Crippen molar-refractivity contribution in [1.29, 1.82) is 0 Å². The minimum Gasteiger partial charge on any atom is -0.450 e. The summed E-state index contributed by atoms with van der Waals surface area (Å²) in [5, 5.41) is 30.4. The molecule has 0 aromatic carbocycles. The second-order valence-corrected chi connectivity index (χ2v) is 3.94. The maximum absolute atomic E-state index is 11.3. The largest absolute Gasteiger partial charge is 0.450 e. The molecule has 17 heavy (non-hydrogen) atoms. The number of ether oxygens (including phenoxy) is 2. The minimum atomic E-state index is -1.38. The van der Waals surface area contributed by atoms with Gasteiger partial charge in [0.2, 0.25) is 0 Å². The molecule has 1 aliphatic heterocycles. The highest BCUT2D eigenvalue weighted by Crippen LogP contribution is 2.13. The molecule has 7 heteroatoms. The summed E-state index contributed by atoms with van der Waals surface area (Å²) in [6.07, 6.45) is -4.00. The maximum Gasteiger partial charge on any atom is 0.409 e. The molecule has 7 nitrogen and oxygen atoms in total. The van der Waals surface area contributed by atoms with Gasteiger partial charge >= 0.3 is 6.09 Å². The van der Waals surface area contributed by atoms with Gasteiger partial charge in [0.25, 0.3) is 0 Å². The molecule has 1 saturated heterocycles. The standard InChI is InChI=1S/C10H19NO6/c1-2-3-4-16-10(15)11-9-8(14)7(13)6(12)5-17-9/h6-9,12-14H,2-5H2,1H3,(H,11,15)/t6-,7+,8+,9+/m0/s1. The fraction of sp³-hybridized carbons (Fsp3) is 0.900. The molecule has 0 spiro atoms. The second kappa shape index (κ2) is 6.75. The topological polar surface area (TPSA) is 108 Å². The number of carbonyl (C=O) groups is 1. The Morgan fingerprint density at radius 1 is 1.41 bits per heavy atom. The van der Waals surface area contributed by atoms with Crippen molar-refractivity contribution in [2.24, 2.45) is 0 Å². The molecular formula is C10H19NO6.